The van der Waals surface area contributed by atoms with Crippen LogP contribution in [0, 0.1) is 13.8 Å². The summed E-state index contributed by atoms with van der Waals surface area (Å²) in [5.41, 5.74) is 1.22. The van der Waals surface area contributed by atoms with E-state index in [-0.39, 0.29) is 5.54 Å². The van der Waals surface area contributed by atoms with E-state index in [0.29, 0.717) is 6.04 Å². The second-order valence-corrected chi connectivity index (χ2v) is 6.89. The molecule has 1 aliphatic heterocycles. The maximum absolute atomic E-state index is 4.64. The van der Waals surface area contributed by atoms with Gasteiger partial charge in [-0.15, -0.1) is 0 Å². The highest BCUT2D eigenvalue weighted by molar-refractivity contribution is 5.41. The Balaban J connectivity index is 2.13. The summed E-state index contributed by atoms with van der Waals surface area (Å²) in [6.45, 7) is 12.8. The van der Waals surface area contributed by atoms with Crippen molar-refractivity contribution in [2.75, 3.05) is 18.0 Å². The van der Waals surface area contributed by atoms with Gasteiger partial charge in [0.05, 0.1) is 0 Å². The molecule has 1 atom stereocenters. The molecule has 0 saturated carbocycles. The molecule has 1 N–H and O–H groups in total. The van der Waals surface area contributed by atoms with Gasteiger partial charge in [0, 0.05) is 36.4 Å². The molecule has 112 valence electrons. The summed E-state index contributed by atoms with van der Waals surface area (Å²) in [4.78, 5) is 11.5. The number of rotatable bonds is 3. The average molecular weight is 276 g/mol. The Labute approximate surface area is 123 Å². The van der Waals surface area contributed by atoms with Crippen molar-refractivity contribution in [1.29, 1.82) is 0 Å². The summed E-state index contributed by atoms with van der Waals surface area (Å²) in [5.74, 6) is 1.96. The lowest BCUT2D eigenvalue weighted by molar-refractivity contribution is 0.365. The van der Waals surface area contributed by atoms with Crippen molar-refractivity contribution in [3.63, 3.8) is 0 Å². The smallest absolute Gasteiger partial charge is 0.132 e. The van der Waals surface area contributed by atoms with E-state index in [2.05, 4.69) is 47.0 Å². The lowest BCUT2D eigenvalue weighted by Crippen LogP contribution is -2.50. The Hall–Kier alpha value is -1.16. The summed E-state index contributed by atoms with van der Waals surface area (Å²) >= 11 is 0. The molecule has 0 amide bonds. The number of hydrogen-bond acceptors (Lipinski definition) is 4. The molecule has 1 fully saturated rings. The van der Waals surface area contributed by atoms with Crippen LogP contribution in [0.5, 0.6) is 0 Å². The SMILES string of the molecule is Cc1cc(N2CCCCC2CNC(C)(C)C)nc(C)n1. The topological polar surface area (TPSA) is 41.0 Å². The van der Waals surface area contributed by atoms with Crippen molar-refractivity contribution in [1.82, 2.24) is 15.3 Å². The lowest BCUT2D eigenvalue weighted by Gasteiger charge is -2.38. The van der Waals surface area contributed by atoms with Gasteiger partial charge in [-0.3, -0.25) is 0 Å². The molecule has 0 aliphatic carbocycles. The van der Waals surface area contributed by atoms with Crippen LogP contribution in [0.15, 0.2) is 6.07 Å². The van der Waals surface area contributed by atoms with E-state index in [0.717, 1.165) is 30.4 Å². The number of piperidine rings is 1. The molecule has 0 spiro atoms. The number of anilines is 1. The summed E-state index contributed by atoms with van der Waals surface area (Å²) < 4.78 is 0. The normalized spacial score (nSPS) is 20.2. The predicted molar refractivity (Wildman–Crippen MR) is 84.2 cm³/mol. The minimum atomic E-state index is 0.167. The van der Waals surface area contributed by atoms with Crippen LogP contribution in [-0.2, 0) is 0 Å². The van der Waals surface area contributed by atoms with Gasteiger partial charge in [0.15, 0.2) is 0 Å². The van der Waals surface area contributed by atoms with Gasteiger partial charge in [-0.25, -0.2) is 9.97 Å². The maximum atomic E-state index is 4.64. The zero-order chi connectivity index (χ0) is 14.8. The lowest BCUT2D eigenvalue weighted by atomic mass is 10.0. The first-order valence-electron chi connectivity index (χ1n) is 7.69. The van der Waals surface area contributed by atoms with Gasteiger partial charge in [-0.2, -0.15) is 0 Å². The summed E-state index contributed by atoms with van der Waals surface area (Å²) in [6, 6.07) is 2.65. The van der Waals surface area contributed by atoms with E-state index in [1.807, 2.05) is 13.8 Å². The van der Waals surface area contributed by atoms with Gasteiger partial charge in [0.2, 0.25) is 0 Å². The van der Waals surface area contributed by atoms with E-state index in [9.17, 15) is 0 Å². The summed E-state index contributed by atoms with van der Waals surface area (Å²) in [5, 5.41) is 3.64. The molecule has 1 aromatic heterocycles. The molecule has 20 heavy (non-hydrogen) atoms. The van der Waals surface area contributed by atoms with E-state index >= 15 is 0 Å². The molecule has 2 rings (SSSR count). The number of aryl methyl sites for hydroxylation is 2. The fourth-order valence-electron chi connectivity index (χ4n) is 2.78. The van der Waals surface area contributed by atoms with E-state index in [1.165, 1.54) is 19.3 Å². The quantitative estimate of drug-likeness (QED) is 0.921. The Bertz CT molecular complexity index is 430. The van der Waals surface area contributed by atoms with Crippen molar-refractivity contribution in [2.45, 2.75) is 65.5 Å². The van der Waals surface area contributed by atoms with Crippen molar-refractivity contribution in [3.05, 3.63) is 17.6 Å². The number of hydrogen-bond donors (Lipinski definition) is 1. The largest absolute Gasteiger partial charge is 0.352 e. The predicted octanol–water partition coefficient (Wildman–Crippen LogP) is 2.84. The zero-order valence-electron chi connectivity index (χ0n) is 13.5. The minimum absolute atomic E-state index is 0.167. The number of nitrogens with zero attached hydrogens (tertiary/aromatic N) is 3. The Morgan fingerprint density at radius 1 is 1.25 bits per heavy atom. The first-order valence-corrected chi connectivity index (χ1v) is 7.69. The third-order valence-electron chi connectivity index (χ3n) is 3.74. The van der Waals surface area contributed by atoms with Crippen LogP contribution in [0.1, 0.15) is 51.6 Å². The van der Waals surface area contributed by atoms with Crippen molar-refractivity contribution in [2.24, 2.45) is 0 Å². The molecular weight excluding hydrogens is 248 g/mol. The summed E-state index contributed by atoms with van der Waals surface area (Å²) in [7, 11) is 0. The molecule has 4 heteroatoms. The van der Waals surface area contributed by atoms with Gasteiger partial charge in [-0.05, 0) is 53.9 Å². The highest BCUT2D eigenvalue weighted by atomic mass is 15.2. The van der Waals surface area contributed by atoms with Crippen LogP contribution in [0.4, 0.5) is 5.82 Å². The number of aromatic nitrogens is 2. The van der Waals surface area contributed by atoms with Gasteiger partial charge >= 0.3 is 0 Å². The van der Waals surface area contributed by atoms with Crippen LogP contribution >= 0.6 is 0 Å². The number of nitrogens with one attached hydrogen (secondary N) is 1. The van der Waals surface area contributed by atoms with Crippen LogP contribution in [0.25, 0.3) is 0 Å². The maximum Gasteiger partial charge on any atom is 0.132 e. The zero-order valence-corrected chi connectivity index (χ0v) is 13.5. The second-order valence-electron chi connectivity index (χ2n) is 6.89. The van der Waals surface area contributed by atoms with Crippen molar-refractivity contribution < 1.29 is 0 Å². The summed E-state index contributed by atoms with van der Waals surface area (Å²) in [6.07, 6.45) is 3.81. The molecule has 1 aliphatic rings. The van der Waals surface area contributed by atoms with Crippen LogP contribution in [-0.4, -0.2) is 34.6 Å². The first kappa shape index (κ1) is 15.2. The molecule has 1 saturated heterocycles. The van der Waals surface area contributed by atoms with E-state index in [4.69, 9.17) is 0 Å². The van der Waals surface area contributed by atoms with Crippen LogP contribution < -0.4 is 10.2 Å². The fourth-order valence-corrected chi connectivity index (χ4v) is 2.78. The van der Waals surface area contributed by atoms with Crippen molar-refractivity contribution >= 4 is 5.82 Å². The van der Waals surface area contributed by atoms with Gasteiger partial charge in [0.1, 0.15) is 11.6 Å². The van der Waals surface area contributed by atoms with Gasteiger partial charge < -0.3 is 10.2 Å². The Kier molecular flexibility index (Phi) is 4.63. The molecule has 2 heterocycles. The monoisotopic (exact) mass is 276 g/mol. The standard InChI is InChI=1S/C16H28N4/c1-12-10-15(19-13(2)18-12)20-9-7-6-8-14(20)11-17-16(3,4)5/h10,14,17H,6-9,11H2,1-5H3. The van der Waals surface area contributed by atoms with E-state index < -0.39 is 0 Å². The van der Waals surface area contributed by atoms with Crippen molar-refractivity contribution in [3.8, 4) is 0 Å². The molecule has 0 radical (unpaired) electrons. The third kappa shape index (κ3) is 4.17. The highest BCUT2D eigenvalue weighted by Gasteiger charge is 2.25. The highest BCUT2D eigenvalue weighted by Crippen LogP contribution is 2.23. The third-order valence-corrected chi connectivity index (χ3v) is 3.74. The molecule has 4 nitrogen and oxygen atoms in total. The molecule has 0 aromatic carbocycles. The second kappa shape index (κ2) is 6.08. The Morgan fingerprint density at radius 3 is 2.65 bits per heavy atom. The fraction of sp³-hybridized carbons (Fsp3) is 0.750. The van der Waals surface area contributed by atoms with E-state index in [1.54, 1.807) is 0 Å². The molecule has 1 aromatic rings. The average Bonchev–Trinajstić information content (AvgIpc) is 2.34. The molecule has 0 bridgehead atoms. The molecular formula is C16H28N4. The van der Waals surface area contributed by atoms with Gasteiger partial charge in [-0.1, -0.05) is 0 Å². The van der Waals surface area contributed by atoms with Gasteiger partial charge in [0.25, 0.3) is 0 Å². The molecule has 1 unspecified atom stereocenters. The Morgan fingerprint density at radius 2 is 2.00 bits per heavy atom. The first-order chi connectivity index (χ1) is 9.35. The minimum Gasteiger partial charge on any atom is -0.352 e. The van der Waals surface area contributed by atoms with Crippen LogP contribution in [0.3, 0.4) is 0 Å². The van der Waals surface area contributed by atoms with Crippen LogP contribution in [0.2, 0.25) is 0 Å².